The molecule has 0 aromatic heterocycles. The fourth-order valence-electron chi connectivity index (χ4n) is 4.76. The molecule has 2 fully saturated rings. The lowest BCUT2D eigenvalue weighted by Crippen LogP contribution is -2.46. The summed E-state index contributed by atoms with van der Waals surface area (Å²) in [5.41, 5.74) is -0.906. The molecule has 1 aromatic carbocycles. The Balaban J connectivity index is 1.87. The maximum absolute atomic E-state index is 13.3. The van der Waals surface area contributed by atoms with Crippen molar-refractivity contribution in [2.75, 3.05) is 13.2 Å². The van der Waals surface area contributed by atoms with Crippen molar-refractivity contribution >= 4 is 15.9 Å². The van der Waals surface area contributed by atoms with Crippen LogP contribution in [0.4, 0.5) is 4.79 Å². The van der Waals surface area contributed by atoms with Crippen LogP contribution in [-0.4, -0.2) is 68.3 Å². The molecule has 3 rings (SSSR count). The first-order valence-electron chi connectivity index (χ1n) is 13.4. The van der Waals surface area contributed by atoms with Crippen LogP contribution in [0.15, 0.2) is 58.9 Å². The molecule has 2 saturated heterocycles. The van der Waals surface area contributed by atoms with Gasteiger partial charge in [0.25, 0.3) is 0 Å². The van der Waals surface area contributed by atoms with Crippen LogP contribution < -0.4 is 0 Å². The quantitative estimate of drug-likeness (QED) is 0.276. The second kappa shape index (κ2) is 12.3. The molecule has 0 unspecified atom stereocenters. The van der Waals surface area contributed by atoms with Gasteiger partial charge in [-0.05, 0) is 59.6 Å². The Morgan fingerprint density at radius 1 is 1.24 bits per heavy atom. The summed E-state index contributed by atoms with van der Waals surface area (Å²) in [7, 11) is -3.72. The lowest BCUT2D eigenvalue weighted by Gasteiger charge is -2.31. The van der Waals surface area contributed by atoms with E-state index in [0.717, 1.165) is 12.8 Å². The van der Waals surface area contributed by atoms with Gasteiger partial charge in [-0.25, -0.2) is 13.2 Å². The number of carbonyl (C=O) groups excluding carboxylic acids is 1. The molecule has 0 aliphatic carbocycles. The Morgan fingerprint density at radius 3 is 2.53 bits per heavy atom. The predicted molar refractivity (Wildman–Crippen MR) is 146 cm³/mol. The van der Waals surface area contributed by atoms with E-state index in [9.17, 15) is 13.2 Å². The first-order chi connectivity index (χ1) is 17.8. The number of hydrogen-bond acceptors (Lipinski definition) is 7. The lowest BCUT2D eigenvalue weighted by atomic mass is 10.00. The summed E-state index contributed by atoms with van der Waals surface area (Å²) in [5, 5.41) is 1.31. The molecule has 2 aliphatic heterocycles. The first kappa shape index (κ1) is 30.3. The molecule has 1 amide bonds. The molecule has 9 heteroatoms. The van der Waals surface area contributed by atoms with Crippen LogP contribution in [0.5, 0.6) is 0 Å². The van der Waals surface area contributed by atoms with Crippen molar-refractivity contribution in [2.45, 2.75) is 108 Å². The summed E-state index contributed by atoms with van der Waals surface area (Å²) in [5.74, 6) is 0. The zero-order chi connectivity index (χ0) is 28.1. The van der Waals surface area contributed by atoms with Gasteiger partial charge in [-0.2, -0.15) is 0 Å². The van der Waals surface area contributed by atoms with Gasteiger partial charge in [0, 0.05) is 24.0 Å². The molecule has 0 N–H and O–H groups in total. The zero-order valence-electron chi connectivity index (χ0n) is 23.5. The molecule has 0 spiro atoms. The smallest absolute Gasteiger partial charge is 0.412 e. The third-order valence-corrected chi connectivity index (χ3v) is 8.03. The van der Waals surface area contributed by atoms with Crippen molar-refractivity contribution in [3.05, 3.63) is 54.0 Å². The van der Waals surface area contributed by atoms with E-state index < -0.39 is 45.6 Å². The number of carbonyl (C=O) groups is 1. The summed E-state index contributed by atoms with van der Waals surface area (Å²) >= 11 is 0. The highest BCUT2D eigenvalue weighted by molar-refractivity contribution is 7.94. The highest BCUT2D eigenvalue weighted by atomic mass is 32.2. The van der Waals surface area contributed by atoms with E-state index in [-0.39, 0.29) is 11.0 Å². The van der Waals surface area contributed by atoms with Crippen molar-refractivity contribution in [3.8, 4) is 0 Å². The van der Waals surface area contributed by atoms with Crippen LogP contribution in [0.25, 0.3) is 0 Å². The molecule has 0 saturated carbocycles. The molecule has 212 valence electrons. The Morgan fingerprint density at radius 2 is 1.92 bits per heavy atom. The van der Waals surface area contributed by atoms with Crippen LogP contribution in [0.2, 0.25) is 0 Å². The van der Waals surface area contributed by atoms with Crippen LogP contribution in [0.1, 0.15) is 67.2 Å². The lowest BCUT2D eigenvalue weighted by molar-refractivity contribution is -0.0962. The molecule has 0 bridgehead atoms. The standard InChI is InChI=1S/C29H43NO7S/c1-8-10-17-34-26-23(20-38(32,33)22-15-12-11-13-16-22)24(14-9-2)35-25(26)18-21-19-30(29(6,7)36-21)27(31)37-28(3,4)5/h9,11-13,15-16,20-21,24-26H,2,8,10,14,17-19H2,1,3-7H3/b23-20+/t21-,24-,25+,26+/m0/s1. The molecule has 2 aliphatic rings. The molecular weight excluding hydrogens is 506 g/mol. The van der Waals surface area contributed by atoms with E-state index in [1.54, 1.807) is 41.3 Å². The van der Waals surface area contributed by atoms with Crippen molar-refractivity contribution < 1.29 is 32.2 Å². The van der Waals surface area contributed by atoms with Gasteiger partial charge < -0.3 is 18.9 Å². The predicted octanol–water partition coefficient (Wildman–Crippen LogP) is 5.64. The SMILES string of the molecule is C=CC[C@@H]1O[C@H](C[C@H]2CN(C(=O)OC(C)(C)C)C(C)(C)O2)[C@H](OCCCC)/C1=C/S(=O)(=O)c1ccccc1. The van der Waals surface area contributed by atoms with Gasteiger partial charge >= 0.3 is 6.09 Å². The number of amides is 1. The van der Waals surface area contributed by atoms with Crippen molar-refractivity contribution in [1.29, 1.82) is 0 Å². The number of hydrogen-bond donors (Lipinski definition) is 0. The van der Waals surface area contributed by atoms with Gasteiger partial charge in [0.2, 0.25) is 0 Å². The van der Waals surface area contributed by atoms with Gasteiger partial charge in [0.05, 0.1) is 29.8 Å². The normalized spacial score (nSPS) is 26.6. The average Bonchev–Trinajstić information content (AvgIpc) is 3.29. The molecular formula is C29H43NO7S. The second-order valence-electron chi connectivity index (χ2n) is 11.3. The summed E-state index contributed by atoms with van der Waals surface area (Å²) in [6.45, 7) is 15.9. The van der Waals surface area contributed by atoms with E-state index in [1.807, 2.05) is 34.6 Å². The Labute approximate surface area is 227 Å². The minimum atomic E-state index is -3.72. The van der Waals surface area contributed by atoms with Crippen LogP contribution in [0.3, 0.4) is 0 Å². The summed E-state index contributed by atoms with van der Waals surface area (Å²) in [6, 6.07) is 8.34. The number of ether oxygens (including phenoxy) is 4. The van der Waals surface area contributed by atoms with Gasteiger partial charge in [0.15, 0.2) is 9.84 Å². The van der Waals surface area contributed by atoms with Crippen molar-refractivity contribution in [2.24, 2.45) is 0 Å². The molecule has 38 heavy (non-hydrogen) atoms. The number of unbranched alkanes of at least 4 members (excludes halogenated alkanes) is 1. The Hall–Kier alpha value is -2.20. The third kappa shape index (κ3) is 7.68. The van der Waals surface area contributed by atoms with Gasteiger partial charge in [-0.3, -0.25) is 4.90 Å². The number of benzene rings is 1. The van der Waals surface area contributed by atoms with Crippen molar-refractivity contribution in [3.63, 3.8) is 0 Å². The number of sulfone groups is 1. The minimum absolute atomic E-state index is 0.217. The molecule has 4 atom stereocenters. The Bertz CT molecular complexity index is 1090. The molecule has 2 heterocycles. The largest absolute Gasteiger partial charge is 0.444 e. The molecule has 0 radical (unpaired) electrons. The van der Waals surface area contributed by atoms with E-state index >= 15 is 0 Å². The van der Waals surface area contributed by atoms with Crippen LogP contribution in [-0.2, 0) is 28.8 Å². The number of rotatable bonds is 10. The highest BCUT2D eigenvalue weighted by Gasteiger charge is 2.48. The topological polar surface area (TPSA) is 91.4 Å². The van der Waals surface area contributed by atoms with E-state index in [0.29, 0.717) is 31.6 Å². The first-order valence-corrected chi connectivity index (χ1v) is 14.9. The Kier molecular flexibility index (Phi) is 9.84. The minimum Gasteiger partial charge on any atom is -0.444 e. The van der Waals surface area contributed by atoms with E-state index in [1.165, 1.54) is 5.41 Å². The zero-order valence-corrected chi connectivity index (χ0v) is 24.3. The van der Waals surface area contributed by atoms with Crippen LogP contribution >= 0.6 is 0 Å². The summed E-state index contributed by atoms with van der Waals surface area (Å²) in [6.07, 6.45) is 2.10. The average molecular weight is 550 g/mol. The third-order valence-electron chi connectivity index (χ3n) is 6.52. The second-order valence-corrected chi connectivity index (χ2v) is 13.1. The van der Waals surface area contributed by atoms with Gasteiger partial charge in [0.1, 0.15) is 17.4 Å². The monoisotopic (exact) mass is 549 g/mol. The number of nitrogens with zero attached hydrogens (tertiary/aromatic N) is 1. The fraction of sp³-hybridized carbons (Fsp3) is 0.621. The van der Waals surface area contributed by atoms with Gasteiger partial charge in [-0.1, -0.05) is 37.6 Å². The van der Waals surface area contributed by atoms with Crippen LogP contribution in [0, 0.1) is 0 Å². The van der Waals surface area contributed by atoms with Gasteiger partial charge in [-0.15, -0.1) is 6.58 Å². The van der Waals surface area contributed by atoms with Crippen molar-refractivity contribution in [1.82, 2.24) is 4.90 Å². The molecule has 1 aromatic rings. The van der Waals surface area contributed by atoms with E-state index in [2.05, 4.69) is 13.5 Å². The highest BCUT2D eigenvalue weighted by Crippen LogP contribution is 2.38. The maximum Gasteiger partial charge on any atom is 0.412 e. The molecule has 8 nitrogen and oxygen atoms in total. The summed E-state index contributed by atoms with van der Waals surface area (Å²) < 4.78 is 51.1. The summed E-state index contributed by atoms with van der Waals surface area (Å²) in [4.78, 5) is 14.7. The fourth-order valence-corrected chi connectivity index (χ4v) is 6.08. The maximum atomic E-state index is 13.3. The van der Waals surface area contributed by atoms with E-state index in [4.69, 9.17) is 18.9 Å².